The molecule has 0 aromatic heterocycles. The van der Waals surface area contributed by atoms with Gasteiger partial charge < -0.3 is 4.74 Å². The van der Waals surface area contributed by atoms with Gasteiger partial charge in [-0.3, -0.25) is 4.57 Å². The quantitative estimate of drug-likeness (QED) is 0.798. The number of rotatable bonds is 3. The minimum Gasteiger partial charge on any atom is -0.488 e. The molecule has 1 radical (unpaired) electrons. The third-order valence-electron chi connectivity index (χ3n) is 2.47. The summed E-state index contributed by atoms with van der Waals surface area (Å²) in [5, 5.41) is 1.63. The standard InChI is InChI=1S/C16H18O2P/c1-16(2,3)18-13-8-7-11-15(12-13)19(17)14-9-5-4-6-10-14/h4-12H,1-3H3. The summed E-state index contributed by atoms with van der Waals surface area (Å²) in [7, 11) is -1.56. The molecule has 2 nitrogen and oxygen atoms in total. The molecule has 0 fully saturated rings. The van der Waals surface area contributed by atoms with Crippen LogP contribution >= 0.6 is 7.80 Å². The van der Waals surface area contributed by atoms with Gasteiger partial charge in [0.25, 0.3) is 0 Å². The van der Waals surface area contributed by atoms with Crippen LogP contribution in [0.25, 0.3) is 0 Å². The van der Waals surface area contributed by atoms with E-state index in [-0.39, 0.29) is 5.60 Å². The number of benzene rings is 2. The molecule has 0 bridgehead atoms. The van der Waals surface area contributed by atoms with Crippen molar-refractivity contribution in [2.45, 2.75) is 26.4 Å². The van der Waals surface area contributed by atoms with Crippen LogP contribution in [0.5, 0.6) is 5.75 Å². The molecule has 0 aliphatic rings. The molecule has 99 valence electrons. The first kappa shape index (κ1) is 13.8. The van der Waals surface area contributed by atoms with Crippen molar-refractivity contribution in [2.24, 2.45) is 0 Å². The van der Waals surface area contributed by atoms with Gasteiger partial charge in [0.05, 0.1) is 0 Å². The van der Waals surface area contributed by atoms with E-state index >= 15 is 0 Å². The average Bonchev–Trinajstić information content (AvgIpc) is 2.37. The first-order valence-corrected chi connectivity index (χ1v) is 7.53. The molecule has 0 N–H and O–H groups in total. The van der Waals surface area contributed by atoms with E-state index in [1.54, 1.807) is 0 Å². The van der Waals surface area contributed by atoms with E-state index in [2.05, 4.69) is 0 Å². The average molecular weight is 273 g/mol. The lowest BCUT2D eigenvalue weighted by Gasteiger charge is -2.21. The van der Waals surface area contributed by atoms with E-state index in [0.717, 1.165) is 16.4 Å². The highest BCUT2D eigenvalue weighted by atomic mass is 31.1. The summed E-state index contributed by atoms with van der Waals surface area (Å²) in [6, 6.07) is 17.0. The highest BCUT2D eigenvalue weighted by molar-refractivity contribution is 7.61. The first-order valence-electron chi connectivity index (χ1n) is 6.27. The summed E-state index contributed by atoms with van der Waals surface area (Å²) in [5.41, 5.74) is -0.253. The van der Waals surface area contributed by atoms with Crippen molar-refractivity contribution < 1.29 is 9.30 Å². The Morgan fingerprint density at radius 2 is 1.53 bits per heavy atom. The smallest absolute Gasteiger partial charge is 0.136 e. The molecule has 2 aromatic carbocycles. The molecule has 0 heterocycles. The molecule has 0 aliphatic carbocycles. The largest absolute Gasteiger partial charge is 0.488 e. The van der Waals surface area contributed by atoms with Crippen LogP contribution in [0, 0.1) is 0 Å². The van der Waals surface area contributed by atoms with Gasteiger partial charge in [0.1, 0.15) is 19.2 Å². The predicted octanol–water partition coefficient (Wildman–Crippen LogP) is 3.64. The van der Waals surface area contributed by atoms with Crippen molar-refractivity contribution in [3.8, 4) is 5.75 Å². The third kappa shape index (κ3) is 3.90. The van der Waals surface area contributed by atoms with Gasteiger partial charge in [0.15, 0.2) is 0 Å². The maximum absolute atomic E-state index is 12.5. The number of hydrogen-bond acceptors (Lipinski definition) is 2. The zero-order chi connectivity index (χ0) is 13.9. The van der Waals surface area contributed by atoms with Crippen molar-refractivity contribution in [3.63, 3.8) is 0 Å². The molecule has 0 saturated heterocycles. The normalized spacial score (nSPS) is 12.1. The van der Waals surface area contributed by atoms with Crippen molar-refractivity contribution in [1.82, 2.24) is 0 Å². The molecular weight excluding hydrogens is 255 g/mol. The van der Waals surface area contributed by atoms with Gasteiger partial charge in [-0.25, -0.2) is 0 Å². The lowest BCUT2D eigenvalue weighted by atomic mass is 10.2. The van der Waals surface area contributed by atoms with E-state index in [1.807, 2.05) is 75.4 Å². The van der Waals surface area contributed by atoms with E-state index in [4.69, 9.17) is 4.74 Å². The Balaban J connectivity index is 2.27. The zero-order valence-electron chi connectivity index (χ0n) is 11.5. The summed E-state index contributed by atoms with van der Waals surface area (Å²) in [6.07, 6.45) is 0. The van der Waals surface area contributed by atoms with Crippen LogP contribution in [-0.4, -0.2) is 5.60 Å². The van der Waals surface area contributed by atoms with Crippen molar-refractivity contribution in [2.75, 3.05) is 0 Å². The molecule has 0 spiro atoms. The van der Waals surface area contributed by atoms with Crippen molar-refractivity contribution >= 4 is 18.4 Å². The van der Waals surface area contributed by atoms with Crippen LogP contribution in [0.3, 0.4) is 0 Å². The van der Waals surface area contributed by atoms with Gasteiger partial charge in [-0.1, -0.05) is 24.3 Å². The second-order valence-electron chi connectivity index (χ2n) is 5.34. The molecule has 0 saturated carbocycles. The fraction of sp³-hybridized carbons (Fsp3) is 0.250. The van der Waals surface area contributed by atoms with E-state index in [9.17, 15) is 4.57 Å². The fourth-order valence-corrected chi connectivity index (χ4v) is 2.95. The number of hydrogen-bond donors (Lipinski definition) is 0. The van der Waals surface area contributed by atoms with Gasteiger partial charge >= 0.3 is 0 Å². The third-order valence-corrected chi connectivity index (χ3v) is 3.98. The molecule has 1 unspecified atom stereocenters. The van der Waals surface area contributed by atoms with Gasteiger partial charge in [-0.15, -0.1) is 0 Å². The molecule has 2 aromatic rings. The first-order chi connectivity index (χ1) is 8.96. The topological polar surface area (TPSA) is 26.3 Å². The van der Waals surface area contributed by atoms with E-state index in [0.29, 0.717) is 0 Å². The van der Waals surface area contributed by atoms with Gasteiger partial charge in [0.2, 0.25) is 0 Å². The maximum Gasteiger partial charge on any atom is 0.136 e. The minimum absolute atomic E-state index is 0.253. The van der Waals surface area contributed by atoms with Gasteiger partial charge in [-0.2, -0.15) is 0 Å². The van der Waals surface area contributed by atoms with Gasteiger partial charge in [-0.05, 0) is 51.1 Å². The Morgan fingerprint density at radius 3 is 2.16 bits per heavy atom. The van der Waals surface area contributed by atoms with E-state index < -0.39 is 7.80 Å². The lowest BCUT2D eigenvalue weighted by molar-refractivity contribution is 0.131. The van der Waals surface area contributed by atoms with Crippen molar-refractivity contribution in [3.05, 3.63) is 54.6 Å². The Morgan fingerprint density at radius 1 is 0.895 bits per heavy atom. The summed E-state index contributed by atoms with van der Waals surface area (Å²) in [5.74, 6) is 0.754. The van der Waals surface area contributed by atoms with Crippen LogP contribution in [0.2, 0.25) is 0 Å². The molecular formula is C16H18O2P. The number of ether oxygens (including phenoxy) is 1. The Labute approximate surface area is 115 Å². The molecule has 3 heteroatoms. The predicted molar refractivity (Wildman–Crippen MR) is 80.1 cm³/mol. The molecule has 2 rings (SSSR count). The second kappa shape index (κ2) is 5.54. The van der Waals surface area contributed by atoms with Crippen LogP contribution in [0.4, 0.5) is 0 Å². The summed E-state index contributed by atoms with van der Waals surface area (Å²) in [4.78, 5) is 0. The summed E-state index contributed by atoms with van der Waals surface area (Å²) in [6.45, 7) is 5.99. The van der Waals surface area contributed by atoms with Crippen molar-refractivity contribution in [1.29, 1.82) is 0 Å². The Bertz CT molecular complexity index is 571. The summed E-state index contributed by atoms with van der Waals surface area (Å²) >= 11 is 0. The highest BCUT2D eigenvalue weighted by Crippen LogP contribution is 2.23. The Hall–Kier alpha value is -1.66. The SMILES string of the molecule is CC(C)(C)Oc1cccc([P](=O)c2ccccc2)c1. The lowest BCUT2D eigenvalue weighted by Crippen LogP contribution is -2.23. The van der Waals surface area contributed by atoms with Crippen LogP contribution < -0.4 is 15.3 Å². The second-order valence-corrected chi connectivity index (χ2v) is 6.96. The van der Waals surface area contributed by atoms with Crippen LogP contribution in [-0.2, 0) is 4.57 Å². The molecule has 1 atom stereocenters. The van der Waals surface area contributed by atoms with Crippen LogP contribution in [0.1, 0.15) is 20.8 Å². The molecule has 0 aliphatic heterocycles. The highest BCUT2D eigenvalue weighted by Gasteiger charge is 2.13. The maximum atomic E-state index is 12.5. The zero-order valence-corrected chi connectivity index (χ0v) is 12.4. The molecule has 0 amide bonds. The molecule has 19 heavy (non-hydrogen) atoms. The monoisotopic (exact) mass is 273 g/mol. The Kier molecular flexibility index (Phi) is 4.01. The van der Waals surface area contributed by atoms with Gasteiger partial charge in [0, 0.05) is 10.6 Å². The minimum atomic E-state index is -1.56. The fourth-order valence-electron chi connectivity index (χ4n) is 1.74. The van der Waals surface area contributed by atoms with E-state index in [1.165, 1.54) is 0 Å². The van der Waals surface area contributed by atoms with Crippen LogP contribution in [0.15, 0.2) is 54.6 Å². The summed E-state index contributed by atoms with van der Waals surface area (Å²) < 4.78 is 18.3.